The Morgan fingerprint density at radius 2 is 2.09 bits per heavy atom. The van der Waals surface area contributed by atoms with Gasteiger partial charge in [-0.3, -0.25) is 4.79 Å². The zero-order chi connectivity index (χ0) is 24.9. The Morgan fingerprint density at radius 3 is 2.77 bits per heavy atom. The molecule has 0 fully saturated rings. The third kappa shape index (κ3) is 4.28. The van der Waals surface area contributed by atoms with E-state index in [1.54, 1.807) is 30.3 Å². The number of hydrogen-bond donors (Lipinski definition) is 2. The normalized spacial score (nSPS) is 21.4. The molecule has 35 heavy (non-hydrogen) atoms. The average molecular weight is 520 g/mol. The van der Waals surface area contributed by atoms with Gasteiger partial charge in [0.25, 0.3) is 5.91 Å². The molecule has 2 N–H and O–H groups in total. The highest BCUT2D eigenvalue weighted by molar-refractivity contribution is 7.16. The standard InChI is InChI=1S/C24H21ClF3N5OS/c1-12-7-8-14-15(11-29)23(35-17(14)9-12)31-22(34)20-19(25)21-30-16(13-5-3-2-4-6-13)10-18(24(26,27)28)33(21)32-20/h2-6,12,16,18,30H,7-10H2,1H3,(H,31,34). The molecular weight excluding hydrogens is 499 g/mol. The van der Waals surface area contributed by atoms with Crippen molar-refractivity contribution in [3.8, 4) is 6.07 Å². The molecule has 0 spiro atoms. The van der Waals surface area contributed by atoms with Crippen LogP contribution >= 0.6 is 22.9 Å². The minimum atomic E-state index is -4.59. The molecule has 1 aliphatic carbocycles. The summed E-state index contributed by atoms with van der Waals surface area (Å²) in [4.78, 5) is 14.2. The number of hydrogen-bond acceptors (Lipinski definition) is 5. The lowest BCUT2D eigenvalue weighted by atomic mass is 9.89. The van der Waals surface area contributed by atoms with Crippen LogP contribution in [0.15, 0.2) is 30.3 Å². The van der Waals surface area contributed by atoms with E-state index >= 15 is 0 Å². The lowest BCUT2D eigenvalue weighted by Gasteiger charge is -2.33. The Balaban J connectivity index is 1.49. The number of anilines is 2. The van der Waals surface area contributed by atoms with Gasteiger partial charge in [-0.1, -0.05) is 48.9 Å². The SMILES string of the molecule is CC1CCc2c(sc(NC(=O)c3nn4c(c3Cl)NC(c3ccccc3)CC4C(F)(F)F)c2C#N)C1. The van der Waals surface area contributed by atoms with Crippen molar-refractivity contribution < 1.29 is 18.0 Å². The lowest BCUT2D eigenvalue weighted by molar-refractivity contribution is -0.173. The highest BCUT2D eigenvalue weighted by Crippen LogP contribution is 2.46. The van der Waals surface area contributed by atoms with Gasteiger partial charge in [-0.05, 0) is 36.3 Å². The van der Waals surface area contributed by atoms with Gasteiger partial charge in [0, 0.05) is 11.3 Å². The number of rotatable bonds is 3. The Hall–Kier alpha value is -3.03. The predicted octanol–water partition coefficient (Wildman–Crippen LogP) is 6.51. The molecule has 2 aliphatic rings. The lowest BCUT2D eigenvalue weighted by Crippen LogP contribution is -2.35. The monoisotopic (exact) mass is 519 g/mol. The van der Waals surface area contributed by atoms with Crippen LogP contribution < -0.4 is 10.6 Å². The van der Waals surface area contributed by atoms with Crippen LogP contribution in [0, 0.1) is 17.2 Å². The second kappa shape index (κ2) is 8.88. The average Bonchev–Trinajstić information content (AvgIpc) is 3.34. The van der Waals surface area contributed by atoms with E-state index < -0.39 is 24.2 Å². The molecule has 182 valence electrons. The van der Waals surface area contributed by atoms with E-state index in [2.05, 4.69) is 28.7 Å². The van der Waals surface area contributed by atoms with Crippen molar-refractivity contribution >= 4 is 39.7 Å². The van der Waals surface area contributed by atoms with Gasteiger partial charge in [0.2, 0.25) is 0 Å². The van der Waals surface area contributed by atoms with E-state index in [9.17, 15) is 23.2 Å². The molecule has 5 rings (SSSR count). The van der Waals surface area contributed by atoms with Crippen LogP contribution in [0.3, 0.4) is 0 Å². The van der Waals surface area contributed by atoms with Crippen molar-refractivity contribution in [3.05, 3.63) is 62.6 Å². The molecule has 2 aromatic heterocycles. The Labute approximate surface area is 208 Å². The van der Waals surface area contributed by atoms with E-state index in [1.165, 1.54) is 11.3 Å². The molecule has 0 saturated heterocycles. The summed E-state index contributed by atoms with van der Waals surface area (Å²) < 4.78 is 42.7. The first-order chi connectivity index (χ1) is 16.7. The minimum Gasteiger partial charge on any atom is -0.362 e. The first-order valence-corrected chi connectivity index (χ1v) is 12.4. The van der Waals surface area contributed by atoms with Crippen molar-refractivity contribution in [3.63, 3.8) is 0 Å². The molecule has 11 heteroatoms. The molecule has 3 heterocycles. The molecule has 6 nitrogen and oxygen atoms in total. The second-order valence-electron chi connectivity index (χ2n) is 8.98. The zero-order valence-corrected chi connectivity index (χ0v) is 20.2. The molecular formula is C24H21ClF3N5OS. The topological polar surface area (TPSA) is 82.7 Å². The van der Waals surface area contributed by atoms with Crippen LogP contribution in [0.1, 0.15) is 63.9 Å². The van der Waals surface area contributed by atoms with Crippen molar-refractivity contribution in [2.24, 2.45) is 5.92 Å². The number of halogens is 4. The zero-order valence-electron chi connectivity index (χ0n) is 18.6. The highest BCUT2D eigenvalue weighted by Gasteiger charge is 2.48. The smallest absolute Gasteiger partial charge is 0.362 e. The van der Waals surface area contributed by atoms with Gasteiger partial charge in [-0.2, -0.15) is 23.5 Å². The fourth-order valence-corrected chi connectivity index (χ4v) is 6.38. The summed E-state index contributed by atoms with van der Waals surface area (Å²) in [7, 11) is 0. The summed E-state index contributed by atoms with van der Waals surface area (Å²) in [5, 5.41) is 19.6. The summed E-state index contributed by atoms with van der Waals surface area (Å²) >= 11 is 7.76. The second-order valence-corrected chi connectivity index (χ2v) is 10.5. The largest absolute Gasteiger partial charge is 0.410 e. The number of alkyl halides is 3. The fraction of sp³-hybridized carbons (Fsp3) is 0.375. The highest BCUT2D eigenvalue weighted by atomic mass is 35.5. The number of benzene rings is 1. The molecule has 0 saturated carbocycles. The summed E-state index contributed by atoms with van der Waals surface area (Å²) in [6.07, 6.45) is -2.36. The number of carbonyl (C=O) groups is 1. The van der Waals surface area contributed by atoms with Gasteiger partial charge in [0.05, 0.1) is 11.6 Å². The summed E-state index contributed by atoms with van der Waals surface area (Å²) in [5.74, 6) is -0.327. The number of amides is 1. The van der Waals surface area contributed by atoms with Crippen LogP contribution in [0.2, 0.25) is 5.02 Å². The summed E-state index contributed by atoms with van der Waals surface area (Å²) in [6.45, 7) is 2.13. The first-order valence-electron chi connectivity index (χ1n) is 11.2. The number of nitriles is 1. The number of nitrogens with zero attached hydrogens (tertiary/aromatic N) is 3. The van der Waals surface area contributed by atoms with Gasteiger partial charge >= 0.3 is 6.18 Å². The van der Waals surface area contributed by atoms with Crippen LogP contribution in [0.5, 0.6) is 0 Å². The Bertz CT molecular complexity index is 1330. The van der Waals surface area contributed by atoms with Crippen molar-refractivity contribution in [2.45, 2.75) is 50.9 Å². The quantitative estimate of drug-likeness (QED) is 0.413. The van der Waals surface area contributed by atoms with Crippen molar-refractivity contribution in [1.29, 1.82) is 5.26 Å². The number of carbonyl (C=O) groups excluding carboxylic acids is 1. The van der Waals surface area contributed by atoms with Gasteiger partial charge in [0.1, 0.15) is 21.9 Å². The molecule has 3 atom stereocenters. The van der Waals surface area contributed by atoms with Crippen LogP contribution in [0.4, 0.5) is 24.0 Å². The summed E-state index contributed by atoms with van der Waals surface area (Å²) in [6, 6.07) is 8.32. The number of aromatic nitrogens is 2. The Morgan fingerprint density at radius 1 is 1.34 bits per heavy atom. The molecule has 3 unspecified atom stereocenters. The molecule has 0 bridgehead atoms. The molecule has 3 aromatic rings. The summed E-state index contributed by atoms with van der Waals surface area (Å²) in [5.41, 5.74) is 1.69. The van der Waals surface area contributed by atoms with Crippen LogP contribution in [-0.2, 0) is 12.8 Å². The first kappa shape index (κ1) is 23.7. The maximum absolute atomic E-state index is 14.0. The van der Waals surface area contributed by atoms with E-state index in [-0.39, 0.29) is 23.0 Å². The Kier molecular flexibility index (Phi) is 6.01. The third-order valence-electron chi connectivity index (χ3n) is 6.56. The van der Waals surface area contributed by atoms with Crippen molar-refractivity contribution in [1.82, 2.24) is 9.78 Å². The van der Waals surface area contributed by atoms with E-state index in [1.807, 2.05) is 0 Å². The van der Waals surface area contributed by atoms with Gasteiger partial charge < -0.3 is 10.6 Å². The minimum absolute atomic E-state index is 0.0564. The molecule has 1 aromatic carbocycles. The predicted molar refractivity (Wildman–Crippen MR) is 128 cm³/mol. The molecule has 1 amide bonds. The van der Waals surface area contributed by atoms with Gasteiger partial charge in [-0.25, -0.2) is 4.68 Å². The molecule has 0 radical (unpaired) electrons. The van der Waals surface area contributed by atoms with Crippen molar-refractivity contribution in [2.75, 3.05) is 10.6 Å². The third-order valence-corrected chi connectivity index (χ3v) is 8.09. The number of fused-ring (bicyclic) bond motifs is 2. The van der Waals surface area contributed by atoms with E-state index in [0.717, 1.165) is 34.4 Å². The van der Waals surface area contributed by atoms with Crippen LogP contribution in [0.25, 0.3) is 0 Å². The molecule has 1 aliphatic heterocycles. The number of thiophene rings is 1. The maximum atomic E-state index is 14.0. The van der Waals surface area contributed by atoms with E-state index in [4.69, 9.17) is 11.6 Å². The fourth-order valence-electron chi connectivity index (χ4n) is 4.76. The van der Waals surface area contributed by atoms with Gasteiger partial charge in [-0.15, -0.1) is 11.3 Å². The van der Waals surface area contributed by atoms with Crippen LogP contribution in [-0.4, -0.2) is 21.9 Å². The van der Waals surface area contributed by atoms with E-state index in [0.29, 0.717) is 22.0 Å². The number of nitrogens with one attached hydrogen (secondary N) is 2. The maximum Gasteiger partial charge on any atom is 0.410 e. The van der Waals surface area contributed by atoms with Gasteiger partial charge in [0.15, 0.2) is 11.7 Å².